The number of furan rings is 1. The van der Waals surface area contributed by atoms with Crippen LogP contribution in [0.4, 0.5) is 9.93 Å². The molecular weight excluding hydrogens is 326 g/mol. The van der Waals surface area contributed by atoms with Gasteiger partial charge in [-0.05, 0) is 31.6 Å². The van der Waals surface area contributed by atoms with E-state index in [1.54, 1.807) is 6.26 Å². The number of likely N-dealkylation sites (N-methyl/N-ethyl adjacent to an activating group) is 1. The van der Waals surface area contributed by atoms with Gasteiger partial charge in [0, 0.05) is 13.0 Å². The molecule has 8 heteroatoms. The van der Waals surface area contributed by atoms with Crippen molar-refractivity contribution in [3.05, 3.63) is 29.2 Å². The first-order valence-corrected chi connectivity index (χ1v) is 9.14. The Morgan fingerprint density at radius 2 is 2.12 bits per heavy atom. The molecule has 0 aliphatic rings. The molecule has 24 heavy (non-hydrogen) atoms. The molecule has 2 aromatic rings. The van der Waals surface area contributed by atoms with E-state index < -0.39 is 0 Å². The largest absolute Gasteiger partial charge is 0.468 e. The lowest BCUT2D eigenvalue weighted by Crippen LogP contribution is -2.39. The van der Waals surface area contributed by atoms with Crippen LogP contribution in [0.5, 0.6) is 0 Å². The Balaban J connectivity index is 1.91. The predicted molar refractivity (Wildman–Crippen MR) is 95.3 cm³/mol. The number of rotatable bonds is 9. The predicted octanol–water partition coefficient (Wildman–Crippen LogP) is 3.29. The number of carbonyl (C=O) groups excluding carboxylic acids is 1. The third kappa shape index (κ3) is 5.04. The first-order valence-electron chi connectivity index (χ1n) is 8.32. The van der Waals surface area contributed by atoms with E-state index in [2.05, 4.69) is 46.5 Å². The molecule has 0 aliphatic heterocycles. The number of hydrogen-bond acceptors (Lipinski definition) is 6. The summed E-state index contributed by atoms with van der Waals surface area (Å²) in [6.45, 7) is 8.49. The SMILES string of the molecule is CCCc1nnc(NC(=O)NCC(c2ccco2)N(CC)CC)s1. The number of hydrogen-bond donors (Lipinski definition) is 2. The Kier molecular flexibility index (Phi) is 7.20. The highest BCUT2D eigenvalue weighted by Crippen LogP contribution is 2.20. The maximum Gasteiger partial charge on any atom is 0.321 e. The quantitative estimate of drug-likeness (QED) is 0.724. The molecule has 0 fully saturated rings. The summed E-state index contributed by atoms with van der Waals surface area (Å²) < 4.78 is 5.53. The van der Waals surface area contributed by atoms with Crippen molar-refractivity contribution in [3.63, 3.8) is 0 Å². The van der Waals surface area contributed by atoms with Crippen molar-refractivity contribution in [3.8, 4) is 0 Å². The fourth-order valence-electron chi connectivity index (χ4n) is 2.50. The Morgan fingerprint density at radius 3 is 2.75 bits per heavy atom. The number of anilines is 1. The highest BCUT2D eigenvalue weighted by atomic mass is 32.1. The molecular formula is C16H25N5O2S. The van der Waals surface area contributed by atoms with Crippen LogP contribution >= 0.6 is 11.3 Å². The summed E-state index contributed by atoms with van der Waals surface area (Å²) in [5.41, 5.74) is 0. The minimum atomic E-state index is -0.280. The molecule has 0 bridgehead atoms. The lowest BCUT2D eigenvalue weighted by atomic mass is 10.2. The summed E-state index contributed by atoms with van der Waals surface area (Å²) in [5, 5.41) is 15.1. The van der Waals surface area contributed by atoms with E-state index >= 15 is 0 Å². The third-order valence-electron chi connectivity index (χ3n) is 3.73. The third-order valence-corrected chi connectivity index (χ3v) is 4.63. The average Bonchev–Trinajstić information content (AvgIpc) is 3.24. The summed E-state index contributed by atoms with van der Waals surface area (Å²) in [5.74, 6) is 0.847. The standard InChI is InChI=1S/C16H25N5O2S/c1-4-8-14-19-20-16(24-14)18-15(22)17-11-12(21(5-2)6-3)13-9-7-10-23-13/h7,9-10,12H,4-6,8,11H2,1-3H3,(H2,17,18,20,22). The van der Waals surface area contributed by atoms with Gasteiger partial charge in [0.2, 0.25) is 5.13 Å². The summed E-state index contributed by atoms with van der Waals surface area (Å²) in [6.07, 6.45) is 3.54. The van der Waals surface area contributed by atoms with E-state index in [4.69, 9.17) is 4.42 Å². The van der Waals surface area contributed by atoms with Crippen LogP contribution in [-0.4, -0.2) is 40.8 Å². The number of amides is 2. The second kappa shape index (κ2) is 9.39. The van der Waals surface area contributed by atoms with Crippen LogP contribution in [0.2, 0.25) is 0 Å². The Hall–Kier alpha value is -1.93. The van der Waals surface area contributed by atoms with Gasteiger partial charge in [-0.3, -0.25) is 10.2 Å². The molecule has 7 nitrogen and oxygen atoms in total. The molecule has 0 aliphatic carbocycles. The van der Waals surface area contributed by atoms with E-state index in [0.717, 1.165) is 36.7 Å². The van der Waals surface area contributed by atoms with Crippen molar-refractivity contribution in [2.24, 2.45) is 0 Å². The zero-order chi connectivity index (χ0) is 17.4. The molecule has 0 spiro atoms. The number of carbonyl (C=O) groups is 1. The molecule has 132 valence electrons. The second-order valence-corrected chi connectivity index (χ2v) is 6.40. The lowest BCUT2D eigenvalue weighted by Gasteiger charge is -2.28. The molecule has 1 unspecified atom stereocenters. The number of aryl methyl sites for hydroxylation is 1. The normalized spacial score (nSPS) is 12.3. The zero-order valence-electron chi connectivity index (χ0n) is 14.4. The Bertz CT molecular complexity index is 610. The van der Waals surface area contributed by atoms with E-state index in [0.29, 0.717) is 11.7 Å². The molecule has 2 heterocycles. The minimum absolute atomic E-state index is 0.00539. The van der Waals surface area contributed by atoms with Gasteiger partial charge in [-0.2, -0.15) is 0 Å². The number of nitrogens with one attached hydrogen (secondary N) is 2. The van der Waals surface area contributed by atoms with Crippen LogP contribution in [0.3, 0.4) is 0 Å². The van der Waals surface area contributed by atoms with Crippen molar-refractivity contribution in [1.82, 2.24) is 20.4 Å². The molecule has 0 aromatic carbocycles. The van der Waals surface area contributed by atoms with Gasteiger partial charge < -0.3 is 9.73 Å². The number of nitrogens with zero attached hydrogens (tertiary/aromatic N) is 3. The van der Waals surface area contributed by atoms with Crippen LogP contribution in [0.15, 0.2) is 22.8 Å². The van der Waals surface area contributed by atoms with Crippen LogP contribution in [0, 0.1) is 0 Å². The molecule has 0 saturated heterocycles. The second-order valence-electron chi connectivity index (χ2n) is 5.34. The monoisotopic (exact) mass is 351 g/mol. The molecule has 0 radical (unpaired) electrons. The molecule has 2 rings (SSSR count). The molecule has 2 amide bonds. The van der Waals surface area contributed by atoms with Crippen molar-refractivity contribution in [1.29, 1.82) is 0 Å². The highest BCUT2D eigenvalue weighted by Gasteiger charge is 2.21. The van der Waals surface area contributed by atoms with Gasteiger partial charge in [0.15, 0.2) is 0 Å². The van der Waals surface area contributed by atoms with E-state index in [-0.39, 0.29) is 12.1 Å². The maximum atomic E-state index is 12.1. The molecule has 2 N–H and O–H groups in total. The van der Waals surface area contributed by atoms with Crippen molar-refractivity contribution in [2.75, 3.05) is 25.0 Å². The molecule has 1 atom stereocenters. The Morgan fingerprint density at radius 1 is 1.33 bits per heavy atom. The summed E-state index contributed by atoms with van der Waals surface area (Å²) >= 11 is 1.41. The van der Waals surface area contributed by atoms with E-state index in [1.165, 1.54) is 11.3 Å². The van der Waals surface area contributed by atoms with Crippen molar-refractivity contribution < 1.29 is 9.21 Å². The zero-order valence-corrected chi connectivity index (χ0v) is 15.2. The van der Waals surface area contributed by atoms with Crippen molar-refractivity contribution in [2.45, 2.75) is 39.7 Å². The van der Waals surface area contributed by atoms with Gasteiger partial charge in [0.05, 0.1) is 12.3 Å². The number of urea groups is 1. The average molecular weight is 351 g/mol. The van der Waals surface area contributed by atoms with E-state index in [1.807, 2.05) is 12.1 Å². The van der Waals surface area contributed by atoms with Gasteiger partial charge in [-0.25, -0.2) is 4.79 Å². The van der Waals surface area contributed by atoms with Gasteiger partial charge in [-0.1, -0.05) is 32.1 Å². The van der Waals surface area contributed by atoms with E-state index in [9.17, 15) is 4.79 Å². The fourth-order valence-corrected chi connectivity index (χ4v) is 3.34. The van der Waals surface area contributed by atoms with Crippen LogP contribution < -0.4 is 10.6 Å². The first-order chi connectivity index (χ1) is 11.7. The highest BCUT2D eigenvalue weighted by molar-refractivity contribution is 7.15. The molecule has 0 saturated carbocycles. The lowest BCUT2D eigenvalue weighted by molar-refractivity contribution is 0.188. The van der Waals surface area contributed by atoms with Gasteiger partial charge in [0.25, 0.3) is 0 Å². The van der Waals surface area contributed by atoms with Gasteiger partial charge >= 0.3 is 6.03 Å². The Labute approximate surface area is 146 Å². The summed E-state index contributed by atoms with van der Waals surface area (Å²) in [7, 11) is 0. The van der Waals surface area contributed by atoms with Crippen LogP contribution in [0.1, 0.15) is 44.0 Å². The maximum absolute atomic E-state index is 12.1. The summed E-state index contributed by atoms with van der Waals surface area (Å²) in [4.78, 5) is 14.4. The topological polar surface area (TPSA) is 83.3 Å². The van der Waals surface area contributed by atoms with Crippen molar-refractivity contribution >= 4 is 22.5 Å². The smallest absolute Gasteiger partial charge is 0.321 e. The first kappa shape index (κ1) is 18.4. The van der Waals surface area contributed by atoms with Gasteiger partial charge in [0.1, 0.15) is 10.8 Å². The minimum Gasteiger partial charge on any atom is -0.468 e. The molecule has 2 aromatic heterocycles. The fraction of sp³-hybridized carbons (Fsp3) is 0.562. The van der Waals surface area contributed by atoms with Gasteiger partial charge in [-0.15, -0.1) is 10.2 Å². The number of aromatic nitrogens is 2. The van der Waals surface area contributed by atoms with Crippen LogP contribution in [-0.2, 0) is 6.42 Å². The van der Waals surface area contributed by atoms with Crippen LogP contribution in [0.25, 0.3) is 0 Å². The summed E-state index contributed by atoms with van der Waals surface area (Å²) in [6, 6.07) is 3.52.